The van der Waals surface area contributed by atoms with E-state index in [-0.39, 0.29) is 30.3 Å². The third-order valence-corrected chi connectivity index (χ3v) is 7.47. The predicted molar refractivity (Wildman–Crippen MR) is 147 cm³/mol. The number of hydrogen-bond acceptors (Lipinski definition) is 11. The molecule has 5 rings (SSSR count). The second-order valence-corrected chi connectivity index (χ2v) is 10.9. The highest BCUT2D eigenvalue weighted by atomic mass is 19.4. The van der Waals surface area contributed by atoms with Crippen molar-refractivity contribution in [2.24, 2.45) is 18.4 Å². The van der Waals surface area contributed by atoms with Crippen molar-refractivity contribution >= 4 is 17.7 Å². The Morgan fingerprint density at radius 1 is 1.23 bits per heavy atom. The van der Waals surface area contributed by atoms with Gasteiger partial charge in [-0.15, -0.1) is 0 Å². The van der Waals surface area contributed by atoms with E-state index < -0.39 is 29.4 Å². The van der Waals surface area contributed by atoms with Gasteiger partial charge in [0.15, 0.2) is 11.6 Å². The number of rotatable bonds is 10. The maximum absolute atomic E-state index is 13.0. The Labute approximate surface area is 245 Å². The lowest BCUT2D eigenvalue weighted by molar-refractivity contribution is -0.149. The first-order valence-corrected chi connectivity index (χ1v) is 13.7. The van der Waals surface area contributed by atoms with Crippen LogP contribution < -0.4 is 25.4 Å². The van der Waals surface area contributed by atoms with E-state index in [1.165, 1.54) is 0 Å². The van der Waals surface area contributed by atoms with Crippen molar-refractivity contribution in [1.29, 1.82) is 5.26 Å². The van der Waals surface area contributed by atoms with Gasteiger partial charge in [-0.3, -0.25) is 4.79 Å². The minimum Gasteiger partial charge on any atom is -0.489 e. The molecular weight excluding hydrogens is 569 g/mol. The van der Waals surface area contributed by atoms with Crippen molar-refractivity contribution in [2.45, 2.75) is 44.8 Å². The molecule has 43 heavy (non-hydrogen) atoms. The summed E-state index contributed by atoms with van der Waals surface area (Å²) in [5, 5.41) is 11.2. The van der Waals surface area contributed by atoms with Gasteiger partial charge in [-0.25, -0.2) is 9.97 Å². The number of piperidine rings is 1. The lowest BCUT2D eigenvalue weighted by atomic mass is 9.98. The molecule has 1 saturated carbocycles. The third kappa shape index (κ3) is 7.22. The summed E-state index contributed by atoms with van der Waals surface area (Å²) in [7, 11) is 1.87. The summed E-state index contributed by atoms with van der Waals surface area (Å²) in [5.41, 5.74) is 6.92. The number of hydrogen-bond donors (Lipinski definition) is 2. The number of amides is 1. The van der Waals surface area contributed by atoms with E-state index in [0.29, 0.717) is 51.1 Å². The molecule has 0 radical (unpaired) electrons. The molecule has 1 saturated heterocycles. The Hall–Kier alpha value is -4.68. The van der Waals surface area contributed by atoms with Crippen LogP contribution in [0.5, 0.6) is 11.8 Å². The fraction of sp³-hybridized carbons (Fsp3) is 0.519. The number of ether oxygens (including phenoxy) is 2. The SMILES string of the molecule is C[C@H](NC(=O)c1nc(OCC2(C#N)CC2)nc(N2CCC(COc3cc(-c4cn(C)cn4)cnc3N)CC2)n1)C(F)(F)F. The molecule has 0 aromatic carbocycles. The summed E-state index contributed by atoms with van der Waals surface area (Å²) in [6, 6.07) is 1.66. The van der Waals surface area contributed by atoms with Crippen LogP contribution in [0.15, 0.2) is 24.8 Å². The van der Waals surface area contributed by atoms with Crippen LogP contribution in [-0.4, -0.2) is 73.9 Å². The van der Waals surface area contributed by atoms with Gasteiger partial charge in [0.2, 0.25) is 11.8 Å². The Kier molecular flexibility index (Phi) is 8.25. The van der Waals surface area contributed by atoms with E-state index in [0.717, 1.165) is 18.2 Å². The third-order valence-electron chi connectivity index (χ3n) is 7.47. The van der Waals surface area contributed by atoms with Gasteiger partial charge in [-0.1, -0.05) is 0 Å². The van der Waals surface area contributed by atoms with Crippen LogP contribution in [-0.2, 0) is 7.05 Å². The highest BCUT2D eigenvalue weighted by Crippen LogP contribution is 2.45. The molecule has 0 spiro atoms. The average Bonchev–Trinajstić information content (AvgIpc) is 3.65. The van der Waals surface area contributed by atoms with Crippen LogP contribution in [0.4, 0.5) is 24.9 Å². The predicted octanol–water partition coefficient (Wildman–Crippen LogP) is 2.91. The van der Waals surface area contributed by atoms with Gasteiger partial charge in [0, 0.05) is 38.1 Å². The van der Waals surface area contributed by atoms with Gasteiger partial charge in [0.25, 0.3) is 5.91 Å². The first-order valence-electron chi connectivity index (χ1n) is 13.7. The summed E-state index contributed by atoms with van der Waals surface area (Å²) in [5.74, 6) is -0.620. The summed E-state index contributed by atoms with van der Waals surface area (Å²) < 4.78 is 52.6. The Balaban J connectivity index is 1.24. The zero-order valence-corrected chi connectivity index (χ0v) is 23.6. The molecule has 0 unspecified atom stereocenters. The molecule has 13 nitrogen and oxygen atoms in total. The van der Waals surface area contributed by atoms with Crippen LogP contribution >= 0.6 is 0 Å². The molecule has 1 amide bonds. The minimum absolute atomic E-state index is 0.00586. The Morgan fingerprint density at radius 3 is 2.60 bits per heavy atom. The van der Waals surface area contributed by atoms with Gasteiger partial charge < -0.3 is 30.0 Å². The number of carbonyl (C=O) groups is 1. The number of carbonyl (C=O) groups excluding carboxylic acids is 1. The fourth-order valence-corrected chi connectivity index (χ4v) is 4.42. The van der Waals surface area contributed by atoms with E-state index in [9.17, 15) is 23.2 Å². The number of imidazole rings is 1. The number of nitriles is 1. The maximum atomic E-state index is 13.0. The number of nitrogens with one attached hydrogen (secondary N) is 1. The van der Waals surface area contributed by atoms with Crippen molar-refractivity contribution in [3.05, 3.63) is 30.6 Å². The number of pyridine rings is 1. The molecule has 16 heteroatoms. The minimum atomic E-state index is -4.64. The van der Waals surface area contributed by atoms with Crippen LogP contribution in [0, 0.1) is 22.7 Å². The highest BCUT2D eigenvalue weighted by Gasteiger charge is 2.44. The monoisotopic (exact) mass is 600 g/mol. The zero-order chi connectivity index (χ0) is 30.8. The first-order chi connectivity index (χ1) is 20.4. The van der Waals surface area contributed by atoms with Crippen LogP contribution in [0.1, 0.15) is 43.2 Å². The molecule has 2 aliphatic rings. The second-order valence-electron chi connectivity index (χ2n) is 10.9. The largest absolute Gasteiger partial charge is 0.489 e. The fourth-order valence-electron chi connectivity index (χ4n) is 4.42. The average molecular weight is 601 g/mol. The summed E-state index contributed by atoms with van der Waals surface area (Å²) in [4.78, 5) is 35.4. The van der Waals surface area contributed by atoms with Gasteiger partial charge in [-0.05, 0) is 44.6 Å². The zero-order valence-electron chi connectivity index (χ0n) is 23.6. The molecule has 3 aromatic heterocycles. The van der Waals surface area contributed by atoms with E-state index in [2.05, 4.69) is 31.0 Å². The number of anilines is 2. The molecule has 3 aromatic rings. The lowest BCUT2D eigenvalue weighted by Crippen LogP contribution is -2.44. The molecule has 2 fully saturated rings. The second kappa shape index (κ2) is 11.9. The van der Waals surface area contributed by atoms with E-state index in [4.69, 9.17) is 15.2 Å². The number of alkyl halides is 3. The molecule has 0 bridgehead atoms. The van der Waals surface area contributed by atoms with Gasteiger partial charge in [0.1, 0.15) is 12.6 Å². The van der Waals surface area contributed by atoms with Crippen LogP contribution in [0.2, 0.25) is 0 Å². The summed E-state index contributed by atoms with van der Waals surface area (Å²) in [6.45, 7) is 2.19. The Bertz CT molecular complexity index is 1510. The van der Waals surface area contributed by atoms with Crippen LogP contribution in [0.25, 0.3) is 11.3 Å². The van der Waals surface area contributed by atoms with Crippen molar-refractivity contribution in [3.63, 3.8) is 0 Å². The number of halogens is 3. The molecule has 228 valence electrons. The Morgan fingerprint density at radius 2 is 1.98 bits per heavy atom. The highest BCUT2D eigenvalue weighted by molar-refractivity contribution is 5.91. The van der Waals surface area contributed by atoms with Crippen molar-refractivity contribution in [2.75, 3.05) is 36.9 Å². The normalized spacial score (nSPS) is 17.2. The number of nitrogen functional groups attached to an aromatic ring is 1. The molecule has 1 atom stereocenters. The van der Waals surface area contributed by atoms with Crippen molar-refractivity contribution < 1.29 is 27.4 Å². The van der Waals surface area contributed by atoms with E-state index >= 15 is 0 Å². The number of aromatic nitrogens is 6. The van der Waals surface area contributed by atoms with Crippen molar-refractivity contribution in [3.8, 4) is 29.1 Å². The molecule has 3 N–H and O–H groups in total. The molecular formula is C27H31F3N10O3. The maximum Gasteiger partial charge on any atom is 0.408 e. The summed E-state index contributed by atoms with van der Waals surface area (Å²) in [6.07, 6.45) is 3.23. The molecule has 1 aliphatic heterocycles. The quantitative estimate of drug-likeness (QED) is 0.351. The van der Waals surface area contributed by atoms with E-state index in [1.807, 2.05) is 28.0 Å². The summed E-state index contributed by atoms with van der Waals surface area (Å²) >= 11 is 0. The van der Waals surface area contributed by atoms with Crippen LogP contribution in [0.3, 0.4) is 0 Å². The number of nitrogens with zero attached hydrogens (tertiary/aromatic N) is 8. The van der Waals surface area contributed by atoms with Crippen molar-refractivity contribution in [1.82, 2.24) is 34.8 Å². The standard InChI is InChI=1S/C27H31F3N10O3/c1-16(27(28,29)30)35-23(41)22-36-24(38-25(37-22)43-14-26(13-31)5-6-26)40-7-3-17(4-8-40)12-42-20-9-18(10-33-21(20)32)19-11-39(2)15-34-19/h9-11,15-17H,3-8,12,14H2,1-2H3,(H2,32,33)(H,35,41)/t16-/m0/s1. The first kappa shape index (κ1) is 29.8. The number of nitrogens with two attached hydrogens (primary N) is 1. The molecule has 4 heterocycles. The topological polar surface area (TPSA) is 170 Å². The van der Waals surface area contributed by atoms with E-state index in [1.54, 1.807) is 18.6 Å². The van der Waals surface area contributed by atoms with Gasteiger partial charge in [0.05, 0.1) is 30.1 Å². The van der Waals surface area contributed by atoms with Gasteiger partial charge >= 0.3 is 12.2 Å². The smallest absolute Gasteiger partial charge is 0.408 e. The molecule has 1 aliphatic carbocycles. The van der Waals surface area contributed by atoms with Gasteiger partial charge in [-0.2, -0.15) is 33.4 Å². The lowest BCUT2D eigenvalue weighted by Gasteiger charge is -2.32. The number of aryl methyl sites for hydroxylation is 1.